The molecule has 3 rings (SSSR count). The van der Waals surface area contributed by atoms with E-state index in [-0.39, 0.29) is 5.91 Å². The molecule has 132 valence electrons. The molecule has 0 bridgehead atoms. The third kappa shape index (κ3) is 3.84. The van der Waals surface area contributed by atoms with Gasteiger partial charge < -0.3 is 19.6 Å². The topological polar surface area (TPSA) is 55.8 Å². The molecule has 0 aliphatic carbocycles. The van der Waals surface area contributed by atoms with E-state index in [1.165, 1.54) is 6.33 Å². The summed E-state index contributed by atoms with van der Waals surface area (Å²) in [6.45, 7) is 13.9. The summed E-state index contributed by atoms with van der Waals surface area (Å²) in [5, 5.41) is 0. The molecule has 3 heterocycles. The molecular formula is C17H28N6O. The summed E-state index contributed by atoms with van der Waals surface area (Å²) in [7, 11) is 0. The zero-order valence-electron chi connectivity index (χ0n) is 14.8. The Kier molecular flexibility index (Phi) is 5.63. The van der Waals surface area contributed by atoms with E-state index in [1.54, 1.807) is 0 Å². The van der Waals surface area contributed by atoms with Crippen LogP contribution in [0, 0.1) is 0 Å². The van der Waals surface area contributed by atoms with Crippen LogP contribution >= 0.6 is 0 Å². The van der Waals surface area contributed by atoms with Gasteiger partial charge in [-0.3, -0.25) is 4.79 Å². The van der Waals surface area contributed by atoms with Crippen LogP contribution < -0.4 is 4.90 Å². The highest BCUT2D eigenvalue weighted by atomic mass is 16.2. The smallest absolute Gasteiger partial charge is 0.272 e. The molecular weight excluding hydrogens is 304 g/mol. The molecule has 2 aliphatic rings. The third-order valence-electron chi connectivity index (χ3n) is 5.12. The van der Waals surface area contributed by atoms with Crippen LogP contribution in [0.3, 0.4) is 0 Å². The Morgan fingerprint density at radius 3 is 2.08 bits per heavy atom. The van der Waals surface area contributed by atoms with Crippen molar-refractivity contribution >= 4 is 11.7 Å². The Hall–Kier alpha value is -1.73. The Morgan fingerprint density at radius 2 is 1.50 bits per heavy atom. The van der Waals surface area contributed by atoms with Gasteiger partial charge in [-0.1, -0.05) is 13.8 Å². The first-order chi connectivity index (χ1) is 11.7. The molecule has 0 unspecified atom stereocenters. The molecule has 0 spiro atoms. The van der Waals surface area contributed by atoms with Gasteiger partial charge in [-0.15, -0.1) is 0 Å². The van der Waals surface area contributed by atoms with Gasteiger partial charge in [-0.25, -0.2) is 9.97 Å². The van der Waals surface area contributed by atoms with Gasteiger partial charge in [-0.05, 0) is 13.1 Å². The van der Waals surface area contributed by atoms with E-state index in [0.717, 1.165) is 71.3 Å². The number of hydrogen-bond acceptors (Lipinski definition) is 6. The lowest BCUT2D eigenvalue weighted by Gasteiger charge is -2.35. The van der Waals surface area contributed by atoms with Crippen molar-refractivity contribution in [3.8, 4) is 0 Å². The zero-order valence-corrected chi connectivity index (χ0v) is 14.8. The van der Waals surface area contributed by atoms with Crippen LogP contribution in [0.5, 0.6) is 0 Å². The maximum Gasteiger partial charge on any atom is 0.272 e. The van der Waals surface area contributed by atoms with Gasteiger partial charge in [0.15, 0.2) is 0 Å². The quantitative estimate of drug-likeness (QED) is 0.795. The maximum absolute atomic E-state index is 12.7. The second-order valence-electron chi connectivity index (χ2n) is 6.41. The highest BCUT2D eigenvalue weighted by Crippen LogP contribution is 2.15. The van der Waals surface area contributed by atoms with Crippen LogP contribution in [0.1, 0.15) is 24.3 Å². The van der Waals surface area contributed by atoms with Crippen LogP contribution in [-0.2, 0) is 0 Å². The molecule has 0 radical (unpaired) electrons. The van der Waals surface area contributed by atoms with E-state index in [2.05, 4.69) is 38.5 Å². The molecule has 1 amide bonds. The fraction of sp³-hybridized carbons (Fsp3) is 0.706. The first-order valence-electron chi connectivity index (χ1n) is 9.02. The van der Waals surface area contributed by atoms with E-state index in [9.17, 15) is 4.79 Å². The normalized spacial score (nSPS) is 20.4. The SMILES string of the molecule is CCN1CCN(C(=O)c2cc(N3CCN(CC)CC3)ncn2)CC1. The number of carbonyl (C=O) groups excluding carboxylic acids is 1. The predicted octanol–water partition coefficient (Wildman–Crippen LogP) is 0.396. The van der Waals surface area contributed by atoms with Gasteiger partial charge in [0.2, 0.25) is 0 Å². The third-order valence-corrected chi connectivity index (χ3v) is 5.12. The summed E-state index contributed by atoms with van der Waals surface area (Å²) in [5.74, 6) is 0.901. The molecule has 0 N–H and O–H groups in total. The summed E-state index contributed by atoms with van der Waals surface area (Å²) in [6, 6.07) is 1.86. The van der Waals surface area contributed by atoms with Crippen LogP contribution in [0.4, 0.5) is 5.82 Å². The maximum atomic E-state index is 12.7. The number of hydrogen-bond donors (Lipinski definition) is 0. The average Bonchev–Trinajstić information content (AvgIpc) is 2.67. The standard InChI is InChI=1S/C17H28N6O/c1-3-20-5-9-22(10-6-20)16-13-15(18-14-19-16)17(24)23-11-7-21(4-2)8-12-23/h13-14H,3-12H2,1-2H3. The molecule has 2 saturated heterocycles. The lowest BCUT2D eigenvalue weighted by molar-refractivity contribution is 0.0637. The Bertz CT molecular complexity index is 550. The number of piperazine rings is 2. The number of likely N-dealkylation sites (N-methyl/N-ethyl adjacent to an activating group) is 2. The highest BCUT2D eigenvalue weighted by molar-refractivity contribution is 5.93. The molecule has 2 aliphatic heterocycles. The Labute approximate surface area is 144 Å². The van der Waals surface area contributed by atoms with Crippen LogP contribution in [0.25, 0.3) is 0 Å². The first kappa shape index (κ1) is 17.1. The highest BCUT2D eigenvalue weighted by Gasteiger charge is 2.24. The van der Waals surface area contributed by atoms with Crippen LogP contribution in [-0.4, -0.2) is 96.0 Å². The predicted molar refractivity (Wildman–Crippen MR) is 94.4 cm³/mol. The minimum absolute atomic E-state index is 0.0293. The number of carbonyl (C=O) groups is 1. The second-order valence-corrected chi connectivity index (χ2v) is 6.41. The molecule has 1 aromatic heterocycles. The fourth-order valence-corrected chi connectivity index (χ4v) is 3.36. The van der Waals surface area contributed by atoms with Crippen molar-refractivity contribution < 1.29 is 4.79 Å². The van der Waals surface area contributed by atoms with E-state index in [4.69, 9.17) is 0 Å². The molecule has 2 fully saturated rings. The molecule has 0 saturated carbocycles. The molecule has 0 atom stereocenters. The summed E-state index contributed by atoms with van der Waals surface area (Å²) < 4.78 is 0. The summed E-state index contributed by atoms with van der Waals surface area (Å²) in [4.78, 5) is 30.3. The number of nitrogens with zero attached hydrogens (tertiary/aromatic N) is 6. The second kappa shape index (κ2) is 7.90. The van der Waals surface area contributed by atoms with Crippen molar-refractivity contribution in [2.24, 2.45) is 0 Å². The summed E-state index contributed by atoms with van der Waals surface area (Å²) in [6.07, 6.45) is 1.52. The van der Waals surface area contributed by atoms with E-state index >= 15 is 0 Å². The van der Waals surface area contributed by atoms with E-state index in [0.29, 0.717) is 5.69 Å². The number of amides is 1. The molecule has 24 heavy (non-hydrogen) atoms. The fourth-order valence-electron chi connectivity index (χ4n) is 3.36. The molecule has 7 heteroatoms. The van der Waals surface area contributed by atoms with Crippen molar-refractivity contribution in [3.05, 3.63) is 18.1 Å². The average molecular weight is 332 g/mol. The van der Waals surface area contributed by atoms with E-state index in [1.807, 2.05) is 11.0 Å². The lowest BCUT2D eigenvalue weighted by atomic mass is 10.2. The van der Waals surface area contributed by atoms with Crippen molar-refractivity contribution in [2.45, 2.75) is 13.8 Å². The van der Waals surface area contributed by atoms with Gasteiger partial charge in [0, 0.05) is 58.4 Å². The van der Waals surface area contributed by atoms with Crippen LogP contribution in [0.15, 0.2) is 12.4 Å². The van der Waals surface area contributed by atoms with Crippen molar-refractivity contribution in [1.29, 1.82) is 0 Å². The Morgan fingerprint density at radius 1 is 0.917 bits per heavy atom. The monoisotopic (exact) mass is 332 g/mol. The van der Waals surface area contributed by atoms with Gasteiger partial charge in [-0.2, -0.15) is 0 Å². The summed E-state index contributed by atoms with van der Waals surface area (Å²) >= 11 is 0. The van der Waals surface area contributed by atoms with Gasteiger partial charge >= 0.3 is 0 Å². The van der Waals surface area contributed by atoms with Gasteiger partial charge in [0.05, 0.1) is 0 Å². The van der Waals surface area contributed by atoms with Crippen LogP contribution in [0.2, 0.25) is 0 Å². The largest absolute Gasteiger partial charge is 0.354 e. The van der Waals surface area contributed by atoms with E-state index < -0.39 is 0 Å². The van der Waals surface area contributed by atoms with Crippen molar-refractivity contribution in [1.82, 2.24) is 24.7 Å². The minimum atomic E-state index is 0.0293. The summed E-state index contributed by atoms with van der Waals surface area (Å²) in [5.41, 5.74) is 0.517. The Balaban J connectivity index is 1.64. The first-order valence-corrected chi connectivity index (χ1v) is 9.02. The van der Waals surface area contributed by atoms with Gasteiger partial charge in [0.25, 0.3) is 5.91 Å². The number of anilines is 1. The van der Waals surface area contributed by atoms with Crippen molar-refractivity contribution in [2.75, 3.05) is 70.3 Å². The zero-order chi connectivity index (χ0) is 16.9. The molecule has 0 aromatic carbocycles. The number of rotatable bonds is 4. The van der Waals surface area contributed by atoms with Gasteiger partial charge in [0.1, 0.15) is 17.8 Å². The minimum Gasteiger partial charge on any atom is -0.354 e. The van der Waals surface area contributed by atoms with Crippen molar-refractivity contribution in [3.63, 3.8) is 0 Å². The number of aromatic nitrogens is 2. The molecule has 7 nitrogen and oxygen atoms in total. The molecule has 1 aromatic rings. The lowest BCUT2D eigenvalue weighted by Crippen LogP contribution is -2.48.